The maximum Gasteiger partial charge on any atom is 0.144 e. The number of aliphatic hydroxyl groups is 1. The van der Waals surface area contributed by atoms with Crippen LogP contribution >= 0.6 is 15.9 Å². The molecule has 1 aromatic carbocycles. The maximum absolute atomic E-state index is 9.48. The molecule has 2 aromatic rings. The molecule has 4 nitrogen and oxygen atoms in total. The van der Waals surface area contributed by atoms with Crippen molar-refractivity contribution in [3.8, 4) is 5.69 Å². The summed E-state index contributed by atoms with van der Waals surface area (Å²) in [6.07, 6.45) is 0.111. The van der Waals surface area contributed by atoms with E-state index in [4.69, 9.17) is 0 Å². The molecule has 0 saturated heterocycles. The second-order valence-corrected chi connectivity index (χ2v) is 4.95. The standard InChI is InChI=1S/C13H16BrN3O/c1-9(18)8-11-12(14)13(15-2)17(16-11)10-6-4-3-5-7-10/h3-7,9,15,18H,8H2,1-2H3. The first-order valence-electron chi connectivity index (χ1n) is 5.82. The molecule has 0 aliphatic carbocycles. The summed E-state index contributed by atoms with van der Waals surface area (Å²) in [6.45, 7) is 1.76. The molecular formula is C13H16BrN3O. The summed E-state index contributed by atoms with van der Waals surface area (Å²) in [5, 5.41) is 17.1. The smallest absolute Gasteiger partial charge is 0.144 e. The molecule has 0 spiro atoms. The lowest BCUT2D eigenvalue weighted by molar-refractivity contribution is 0.194. The van der Waals surface area contributed by atoms with E-state index in [-0.39, 0.29) is 0 Å². The van der Waals surface area contributed by atoms with E-state index < -0.39 is 6.10 Å². The van der Waals surface area contributed by atoms with E-state index >= 15 is 0 Å². The minimum absolute atomic E-state index is 0.412. The molecule has 1 unspecified atom stereocenters. The highest BCUT2D eigenvalue weighted by Crippen LogP contribution is 2.29. The number of halogens is 1. The summed E-state index contributed by atoms with van der Waals surface area (Å²) in [4.78, 5) is 0. The van der Waals surface area contributed by atoms with Gasteiger partial charge in [-0.1, -0.05) is 18.2 Å². The Morgan fingerprint density at radius 3 is 2.61 bits per heavy atom. The number of aliphatic hydroxyl groups excluding tert-OH is 1. The lowest BCUT2D eigenvalue weighted by Crippen LogP contribution is -2.06. The van der Waals surface area contributed by atoms with E-state index in [9.17, 15) is 5.11 Å². The molecule has 2 N–H and O–H groups in total. The average Bonchev–Trinajstić information content (AvgIpc) is 2.67. The molecule has 96 valence electrons. The normalized spacial score (nSPS) is 12.4. The van der Waals surface area contributed by atoms with Crippen LogP contribution in [0.4, 0.5) is 5.82 Å². The number of hydrogen-bond donors (Lipinski definition) is 2. The quantitative estimate of drug-likeness (QED) is 0.912. The lowest BCUT2D eigenvalue weighted by atomic mass is 10.2. The summed E-state index contributed by atoms with van der Waals surface area (Å²) < 4.78 is 2.73. The monoisotopic (exact) mass is 309 g/mol. The first kappa shape index (κ1) is 13.1. The Morgan fingerprint density at radius 2 is 2.06 bits per heavy atom. The fourth-order valence-electron chi connectivity index (χ4n) is 1.83. The third kappa shape index (κ3) is 2.57. The van der Waals surface area contributed by atoms with Gasteiger partial charge in [-0.2, -0.15) is 5.10 Å². The number of anilines is 1. The molecule has 0 bridgehead atoms. The zero-order chi connectivity index (χ0) is 13.1. The zero-order valence-corrected chi connectivity index (χ0v) is 12.0. The van der Waals surface area contributed by atoms with E-state index in [1.165, 1.54) is 0 Å². The largest absolute Gasteiger partial charge is 0.393 e. The number of nitrogens with zero attached hydrogens (tertiary/aromatic N) is 2. The first-order chi connectivity index (χ1) is 8.63. The molecule has 5 heteroatoms. The fourth-order valence-corrected chi connectivity index (χ4v) is 2.43. The molecule has 0 amide bonds. The van der Waals surface area contributed by atoms with E-state index in [2.05, 4.69) is 26.3 Å². The van der Waals surface area contributed by atoms with Crippen molar-refractivity contribution in [1.29, 1.82) is 0 Å². The summed E-state index contributed by atoms with van der Waals surface area (Å²) in [5.41, 5.74) is 1.83. The van der Waals surface area contributed by atoms with Crippen molar-refractivity contribution in [2.45, 2.75) is 19.4 Å². The predicted molar refractivity (Wildman–Crippen MR) is 76.2 cm³/mol. The predicted octanol–water partition coefficient (Wildman–Crippen LogP) is 2.60. The number of aromatic nitrogens is 2. The van der Waals surface area contributed by atoms with Crippen molar-refractivity contribution >= 4 is 21.7 Å². The van der Waals surface area contributed by atoms with Crippen molar-refractivity contribution in [1.82, 2.24) is 9.78 Å². The highest BCUT2D eigenvalue weighted by atomic mass is 79.9. The third-order valence-corrected chi connectivity index (χ3v) is 3.45. The molecule has 0 radical (unpaired) electrons. The molecule has 0 aliphatic rings. The van der Waals surface area contributed by atoms with Crippen molar-refractivity contribution in [3.63, 3.8) is 0 Å². The Hall–Kier alpha value is -1.33. The highest BCUT2D eigenvalue weighted by Gasteiger charge is 2.16. The second-order valence-electron chi connectivity index (χ2n) is 4.16. The molecule has 0 fully saturated rings. The van der Waals surface area contributed by atoms with Gasteiger partial charge in [-0.15, -0.1) is 0 Å². The Labute approximate surface area is 115 Å². The zero-order valence-electron chi connectivity index (χ0n) is 10.4. The van der Waals surface area contributed by atoms with Crippen LogP contribution in [0.1, 0.15) is 12.6 Å². The number of nitrogens with one attached hydrogen (secondary N) is 1. The highest BCUT2D eigenvalue weighted by molar-refractivity contribution is 9.10. The topological polar surface area (TPSA) is 50.1 Å². The number of benzene rings is 1. The van der Waals surface area contributed by atoms with Crippen LogP contribution in [0.15, 0.2) is 34.8 Å². The molecule has 1 atom stereocenters. The molecule has 0 aliphatic heterocycles. The van der Waals surface area contributed by atoms with Crippen molar-refractivity contribution < 1.29 is 5.11 Å². The van der Waals surface area contributed by atoms with E-state index in [0.29, 0.717) is 6.42 Å². The van der Waals surface area contributed by atoms with Gasteiger partial charge in [0.2, 0.25) is 0 Å². The van der Waals surface area contributed by atoms with Crippen molar-refractivity contribution in [2.24, 2.45) is 0 Å². The first-order valence-corrected chi connectivity index (χ1v) is 6.61. The Morgan fingerprint density at radius 1 is 1.39 bits per heavy atom. The van der Waals surface area contributed by atoms with E-state index in [1.54, 1.807) is 6.92 Å². The van der Waals surface area contributed by atoms with Crippen molar-refractivity contribution in [2.75, 3.05) is 12.4 Å². The van der Waals surface area contributed by atoms with E-state index in [1.807, 2.05) is 42.1 Å². The lowest BCUT2D eigenvalue weighted by Gasteiger charge is -2.06. The van der Waals surface area contributed by atoms with Gasteiger partial charge in [0.1, 0.15) is 5.82 Å². The van der Waals surface area contributed by atoms with E-state index in [0.717, 1.165) is 21.7 Å². The van der Waals surface area contributed by atoms with Crippen LogP contribution in [-0.2, 0) is 6.42 Å². The number of rotatable bonds is 4. The molecule has 1 aromatic heterocycles. The van der Waals surface area contributed by atoms with Crippen LogP contribution in [0.5, 0.6) is 0 Å². The van der Waals surface area contributed by atoms with Crippen molar-refractivity contribution in [3.05, 3.63) is 40.5 Å². The third-order valence-electron chi connectivity index (χ3n) is 2.62. The van der Waals surface area contributed by atoms with Gasteiger partial charge in [0.25, 0.3) is 0 Å². The SMILES string of the molecule is CNc1c(Br)c(CC(C)O)nn1-c1ccccc1. The molecule has 0 saturated carbocycles. The van der Waals surface area contributed by atoms with Crippen LogP contribution in [0.25, 0.3) is 5.69 Å². The number of hydrogen-bond acceptors (Lipinski definition) is 3. The van der Waals surface area contributed by atoms with Gasteiger partial charge in [0.15, 0.2) is 0 Å². The molecular weight excluding hydrogens is 294 g/mol. The van der Waals surface area contributed by atoms with Crippen LogP contribution in [0, 0.1) is 0 Å². The molecule has 2 rings (SSSR count). The maximum atomic E-state index is 9.48. The van der Waals surface area contributed by atoms with Crippen LogP contribution < -0.4 is 5.32 Å². The van der Waals surface area contributed by atoms with Crippen LogP contribution in [0.2, 0.25) is 0 Å². The van der Waals surface area contributed by atoms with Gasteiger partial charge in [0, 0.05) is 13.5 Å². The number of para-hydroxylation sites is 1. The van der Waals surface area contributed by atoms with Gasteiger partial charge in [0.05, 0.1) is 22.0 Å². The van der Waals surface area contributed by atoms with Crippen LogP contribution in [-0.4, -0.2) is 28.0 Å². The minimum atomic E-state index is -0.412. The summed E-state index contributed by atoms with van der Waals surface area (Å²) in [6, 6.07) is 9.90. The second kappa shape index (κ2) is 5.54. The average molecular weight is 310 g/mol. The Kier molecular flexibility index (Phi) is 4.04. The Balaban J connectivity index is 2.48. The molecule has 18 heavy (non-hydrogen) atoms. The van der Waals surface area contributed by atoms with Gasteiger partial charge in [-0.25, -0.2) is 4.68 Å². The van der Waals surface area contributed by atoms with Crippen LogP contribution in [0.3, 0.4) is 0 Å². The van der Waals surface area contributed by atoms with Gasteiger partial charge in [-0.3, -0.25) is 0 Å². The summed E-state index contributed by atoms with van der Waals surface area (Å²) in [5.74, 6) is 0.886. The Bertz CT molecular complexity index is 523. The van der Waals surface area contributed by atoms with Gasteiger partial charge in [-0.05, 0) is 35.0 Å². The summed E-state index contributed by atoms with van der Waals surface area (Å²) in [7, 11) is 1.85. The molecule has 1 heterocycles. The summed E-state index contributed by atoms with van der Waals surface area (Å²) >= 11 is 3.53. The minimum Gasteiger partial charge on any atom is -0.393 e. The van der Waals surface area contributed by atoms with Gasteiger partial charge < -0.3 is 10.4 Å². The fraction of sp³-hybridized carbons (Fsp3) is 0.308. The van der Waals surface area contributed by atoms with Gasteiger partial charge >= 0.3 is 0 Å².